The minimum Gasteiger partial charge on any atom is -0.497 e. The Kier molecular flexibility index (Phi) is 7.92. The zero-order chi connectivity index (χ0) is 22.1. The Labute approximate surface area is 173 Å². The number of nitrogens with zero attached hydrogens (tertiary/aromatic N) is 1. The molecule has 0 saturated carbocycles. The summed E-state index contributed by atoms with van der Waals surface area (Å²) in [5.74, 6) is 0.121. The first kappa shape index (κ1) is 22.4. The average molecular weight is 413 g/mol. The van der Waals surface area contributed by atoms with Crippen LogP contribution in [0.25, 0.3) is 0 Å². The quantitative estimate of drug-likeness (QED) is 0.512. The van der Waals surface area contributed by atoms with Gasteiger partial charge in [-0.3, -0.25) is 15.1 Å². The molecule has 9 nitrogen and oxygen atoms in total. The summed E-state index contributed by atoms with van der Waals surface area (Å²) < 4.78 is 15.8. The molecule has 0 saturated heterocycles. The monoisotopic (exact) mass is 413 g/mol. The minimum atomic E-state index is -1.18. The Balaban J connectivity index is 2.08. The van der Waals surface area contributed by atoms with E-state index in [1.165, 1.54) is 14.0 Å². The number of carbonyl (C=O) groups excluding carboxylic acids is 1. The van der Waals surface area contributed by atoms with Crippen LogP contribution in [-0.4, -0.2) is 53.8 Å². The Bertz CT molecular complexity index is 927. The van der Waals surface area contributed by atoms with Crippen LogP contribution in [0, 0.1) is 10.8 Å². The topological polar surface area (TPSA) is 133 Å². The van der Waals surface area contributed by atoms with Crippen LogP contribution in [0.2, 0.25) is 0 Å². The van der Waals surface area contributed by atoms with Gasteiger partial charge < -0.3 is 24.7 Å². The van der Waals surface area contributed by atoms with Gasteiger partial charge in [-0.2, -0.15) is 0 Å². The van der Waals surface area contributed by atoms with Crippen LogP contribution in [0.15, 0.2) is 48.5 Å². The van der Waals surface area contributed by atoms with E-state index in [0.717, 1.165) is 4.90 Å². The SMILES string of the molecule is COc1ccc(OC(=O)N(CC(=O)O)Cc2cccc(OCC(=N)C(C)=N)c2)cc1. The van der Waals surface area contributed by atoms with Crippen LogP contribution >= 0.6 is 0 Å². The van der Waals surface area contributed by atoms with Gasteiger partial charge in [-0.15, -0.1) is 0 Å². The summed E-state index contributed by atoms with van der Waals surface area (Å²) in [6.45, 7) is 0.884. The second-order valence-electron chi connectivity index (χ2n) is 6.33. The smallest absolute Gasteiger partial charge is 0.416 e. The third-order valence-electron chi connectivity index (χ3n) is 3.96. The lowest BCUT2D eigenvalue weighted by molar-refractivity contribution is -0.138. The molecule has 0 unspecified atom stereocenters. The van der Waals surface area contributed by atoms with E-state index in [2.05, 4.69) is 0 Å². The molecule has 0 bridgehead atoms. The predicted octanol–water partition coefficient (Wildman–Crippen LogP) is 3.22. The number of carbonyl (C=O) groups is 2. The molecule has 9 heteroatoms. The van der Waals surface area contributed by atoms with E-state index in [4.69, 9.17) is 30.1 Å². The molecule has 0 aliphatic heterocycles. The molecule has 0 radical (unpaired) electrons. The Hall–Kier alpha value is -3.88. The average Bonchev–Trinajstić information content (AvgIpc) is 2.72. The van der Waals surface area contributed by atoms with E-state index in [1.54, 1.807) is 48.5 Å². The summed E-state index contributed by atoms with van der Waals surface area (Å²) in [4.78, 5) is 24.8. The van der Waals surface area contributed by atoms with Crippen LogP contribution in [0.1, 0.15) is 12.5 Å². The van der Waals surface area contributed by atoms with Crippen LogP contribution in [0.3, 0.4) is 0 Å². The van der Waals surface area contributed by atoms with Crippen molar-refractivity contribution in [2.75, 3.05) is 20.3 Å². The largest absolute Gasteiger partial charge is 0.497 e. The van der Waals surface area contributed by atoms with E-state index >= 15 is 0 Å². The number of hydrogen-bond acceptors (Lipinski definition) is 7. The first-order valence-corrected chi connectivity index (χ1v) is 8.95. The molecule has 3 N–H and O–H groups in total. The number of amides is 1. The fraction of sp³-hybridized carbons (Fsp3) is 0.238. The second kappa shape index (κ2) is 10.6. The number of carboxylic acids is 1. The molecule has 2 aromatic carbocycles. The summed E-state index contributed by atoms with van der Waals surface area (Å²) in [5.41, 5.74) is 0.787. The molecule has 1 amide bonds. The van der Waals surface area contributed by atoms with Crippen molar-refractivity contribution >= 4 is 23.5 Å². The van der Waals surface area contributed by atoms with Gasteiger partial charge in [0.15, 0.2) is 0 Å². The predicted molar refractivity (Wildman–Crippen MR) is 110 cm³/mol. The zero-order valence-electron chi connectivity index (χ0n) is 16.7. The highest BCUT2D eigenvalue weighted by Crippen LogP contribution is 2.19. The molecule has 0 aliphatic rings. The second-order valence-corrected chi connectivity index (χ2v) is 6.33. The standard InChI is InChI=1S/C21H23N3O6/c1-14(22)19(23)13-29-18-5-3-4-15(10-18)11-24(12-20(25)26)21(27)30-17-8-6-16(28-2)7-9-17/h3-10,22-23H,11-13H2,1-2H3,(H,25,26). The molecule has 0 spiro atoms. The molecular formula is C21H23N3O6. The van der Waals surface area contributed by atoms with Gasteiger partial charge in [0.05, 0.1) is 18.5 Å². The van der Waals surface area contributed by atoms with Crippen molar-refractivity contribution in [3.63, 3.8) is 0 Å². The lowest BCUT2D eigenvalue weighted by Gasteiger charge is -2.20. The third kappa shape index (κ3) is 6.93. The lowest BCUT2D eigenvalue weighted by atomic mass is 10.2. The molecular weight excluding hydrogens is 390 g/mol. The highest BCUT2D eigenvalue weighted by Gasteiger charge is 2.20. The van der Waals surface area contributed by atoms with Gasteiger partial charge in [0.25, 0.3) is 0 Å². The number of nitrogens with one attached hydrogen (secondary N) is 2. The maximum absolute atomic E-state index is 12.5. The maximum atomic E-state index is 12.5. The normalized spacial score (nSPS) is 10.1. The molecule has 2 rings (SSSR count). The molecule has 0 heterocycles. The van der Waals surface area contributed by atoms with Crippen molar-refractivity contribution in [2.45, 2.75) is 13.5 Å². The van der Waals surface area contributed by atoms with Crippen LogP contribution in [0.4, 0.5) is 4.79 Å². The Morgan fingerprint density at radius 1 is 1.03 bits per heavy atom. The Morgan fingerprint density at radius 2 is 1.70 bits per heavy atom. The summed E-state index contributed by atoms with van der Waals surface area (Å²) in [5, 5.41) is 24.2. The fourth-order valence-electron chi connectivity index (χ4n) is 2.38. The summed E-state index contributed by atoms with van der Waals surface area (Å²) in [6, 6.07) is 13.1. The number of aliphatic carboxylic acids is 1. The van der Waals surface area contributed by atoms with E-state index in [0.29, 0.717) is 17.1 Å². The summed E-state index contributed by atoms with van der Waals surface area (Å²) in [6.07, 6.45) is -0.810. The molecule has 0 aliphatic carbocycles. The first-order chi connectivity index (χ1) is 14.3. The minimum absolute atomic E-state index is 0.0144. The molecule has 0 aromatic heterocycles. The number of hydrogen-bond donors (Lipinski definition) is 3. The van der Waals surface area contributed by atoms with Gasteiger partial charge in [0.2, 0.25) is 0 Å². The molecule has 2 aromatic rings. The van der Waals surface area contributed by atoms with Gasteiger partial charge >= 0.3 is 12.1 Å². The van der Waals surface area contributed by atoms with Crippen LogP contribution < -0.4 is 14.2 Å². The number of methoxy groups -OCH3 is 1. The first-order valence-electron chi connectivity index (χ1n) is 8.95. The van der Waals surface area contributed by atoms with Gasteiger partial charge in [-0.05, 0) is 48.9 Å². The molecule has 158 valence electrons. The van der Waals surface area contributed by atoms with E-state index in [-0.39, 0.29) is 30.3 Å². The number of benzene rings is 2. The van der Waals surface area contributed by atoms with Gasteiger partial charge in [0.1, 0.15) is 30.4 Å². The highest BCUT2D eigenvalue weighted by atomic mass is 16.6. The van der Waals surface area contributed by atoms with Gasteiger partial charge in [-0.1, -0.05) is 12.1 Å². The number of carboxylic acid groups (broad SMARTS) is 1. The molecule has 0 fully saturated rings. The lowest BCUT2D eigenvalue weighted by Crippen LogP contribution is -2.37. The van der Waals surface area contributed by atoms with E-state index in [1.807, 2.05) is 0 Å². The fourth-order valence-corrected chi connectivity index (χ4v) is 2.38. The van der Waals surface area contributed by atoms with Gasteiger partial charge in [-0.25, -0.2) is 4.79 Å². The summed E-state index contributed by atoms with van der Waals surface area (Å²) >= 11 is 0. The molecule has 30 heavy (non-hydrogen) atoms. The zero-order valence-corrected chi connectivity index (χ0v) is 16.7. The Morgan fingerprint density at radius 3 is 2.30 bits per heavy atom. The van der Waals surface area contributed by atoms with Crippen molar-refractivity contribution in [3.05, 3.63) is 54.1 Å². The third-order valence-corrected chi connectivity index (χ3v) is 3.96. The summed E-state index contributed by atoms with van der Waals surface area (Å²) in [7, 11) is 1.52. The van der Waals surface area contributed by atoms with Crippen molar-refractivity contribution < 1.29 is 28.9 Å². The van der Waals surface area contributed by atoms with Gasteiger partial charge in [0, 0.05) is 6.54 Å². The van der Waals surface area contributed by atoms with Crippen molar-refractivity contribution in [3.8, 4) is 17.2 Å². The van der Waals surface area contributed by atoms with Crippen LogP contribution in [-0.2, 0) is 11.3 Å². The maximum Gasteiger partial charge on any atom is 0.416 e. The number of ether oxygens (including phenoxy) is 3. The van der Waals surface area contributed by atoms with E-state index in [9.17, 15) is 9.59 Å². The highest BCUT2D eigenvalue weighted by molar-refractivity contribution is 6.39. The van der Waals surface area contributed by atoms with E-state index < -0.39 is 18.6 Å². The van der Waals surface area contributed by atoms with Crippen molar-refractivity contribution in [1.29, 1.82) is 10.8 Å². The molecule has 0 atom stereocenters. The van der Waals surface area contributed by atoms with Crippen LogP contribution in [0.5, 0.6) is 17.2 Å². The van der Waals surface area contributed by atoms with Crippen molar-refractivity contribution in [2.24, 2.45) is 0 Å². The number of rotatable bonds is 10. The van der Waals surface area contributed by atoms with Crippen molar-refractivity contribution in [1.82, 2.24) is 4.90 Å².